The first-order valence-electron chi connectivity index (χ1n) is 7.45. The van der Waals surface area contributed by atoms with Gasteiger partial charge in [-0.25, -0.2) is 4.39 Å². The highest BCUT2D eigenvalue weighted by Crippen LogP contribution is 2.38. The molecule has 1 atom stereocenters. The molecule has 0 saturated heterocycles. The lowest BCUT2D eigenvalue weighted by atomic mass is 9.95. The summed E-state index contributed by atoms with van der Waals surface area (Å²) in [5.74, 6) is -0.215. The first kappa shape index (κ1) is 13.8. The van der Waals surface area contributed by atoms with Crippen LogP contribution in [0.1, 0.15) is 18.2 Å². The van der Waals surface area contributed by atoms with Crippen LogP contribution in [0, 0.1) is 5.82 Å². The number of H-pyrrole nitrogens is 1. The fourth-order valence-corrected chi connectivity index (χ4v) is 3.56. The summed E-state index contributed by atoms with van der Waals surface area (Å²) < 4.78 is 14.3. The Morgan fingerprint density at radius 1 is 1.14 bits per heavy atom. The van der Waals surface area contributed by atoms with Crippen molar-refractivity contribution in [2.75, 3.05) is 0 Å². The minimum absolute atomic E-state index is 0.215. The Morgan fingerprint density at radius 2 is 1.95 bits per heavy atom. The number of aromatic nitrogens is 1. The van der Waals surface area contributed by atoms with E-state index in [2.05, 4.69) is 17.2 Å². The molecule has 112 valence electrons. The molecule has 4 heteroatoms. The minimum atomic E-state index is -0.215. The van der Waals surface area contributed by atoms with E-state index in [1.807, 2.05) is 30.3 Å². The third-order valence-electron chi connectivity index (χ3n) is 4.40. The van der Waals surface area contributed by atoms with Crippen LogP contribution in [0.15, 0.2) is 36.4 Å². The van der Waals surface area contributed by atoms with Gasteiger partial charge in [-0.1, -0.05) is 35.9 Å². The van der Waals surface area contributed by atoms with E-state index < -0.39 is 0 Å². The maximum atomic E-state index is 14.3. The van der Waals surface area contributed by atoms with Crippen molar-refractivity contribution in [3.8, 4) is 11.1 Å². The Morgan fingerprint density at radius 3 is 2.77 bits per heavy atom. The summed E-state index contributed by atoms with van der Waals surface area (Å²) in [5, 5.41) is 5.08. The molecule has 4 rings (SSSR count). The quantitative estimate of drug-likeness (QED) is 0.671. The predicted octanol–water partition coefficient (Wildman–Crippen LogP) is 4.66. The molecule has 2 heterocycles. The molecule has 1 unspecified atom stereocenters. The molecule has 0 spiro atoms. The molecule has 2 nitrogen and oxygen atoms in total. The Bertz CT molecular complexity index is 869. The third kappa shape index (κ3) is 2.04. The van der Waals surface area contributed by atoms with Crippen LogP contribution in [-0.4, -0.2) is 11.0 Å². The summed E-state index contributed by atoms with van der Waals surface area (Å²) in [6.07, 6.45) is 0.880. The molecule has 2 N–H and O–H groups in total. The molecule has 0 saturated carbocycles. The lowest BCUT2D eigenvalue weighted by molar-refractivity contribution is 0.511. The molecule has 1 aliphatic heterocycles. The summed E-state index contributed by atoms with van der Waals surface area (Å²) >= 11 is 6.35. The van der Waals surface area contributed by atoms with E-state index >= 15 is 0 Å². The zero-order valence-corrected chi connectivity index (χ0v) is 13.0. The van der Waals surface area contributed by atoms with Gasteiger partial charge in [-0.2, -0.15) is 0 Å². The second-order valence-corrected chi connectivity index (χ2v) is 6.30. The molecule has 0 amide bonds. The van der Waals surface area contributed by atoms with Crippen LogP contribution in [-0.2, 0) is 13.0 Å². The van der Waals surface area contributed by atoms with Gasteiger partial charge in [0.1, 0.15) is 5.82 Å². The van der Waals surface area contributed by atoms with Gasteiger partial charge in [0.05, 0.1) is 5.52 Å². The van der Waals surface area contributed by atoms with Crippen LogP contribution < -0.4 is 5.32 Å². The van der Waals surface area contributed by atoms with Crippen LogP contribution in [0.5, 0.6) is 0 Å². The van der Waals surface area contributed by atoms with Crippen LogP contribution in [0.25, 0.3) is 22.0 Å². The molecule has 0 aliphatic carbocycles. The first-order chi connectivity index (χ1) is 10.6. The monoisotopic (exact) mass is 314 g/mol. The van der Waals surface area contributed by atoms with Gasteiger partial charge in [-0.15, -0.1) is 0 Å². The number of nitrogens with one attached hydrogen (secondary N) is 2. The van der Waals surface area contributed by atoms with Gasteiger partial charge in [-0.3, -0.25) is 0 Å². The SMILES string of the molecule is CC1Cc2[nH]c3c(F)ccc(-c4ccccc4Cl)c3c2CN1. The Labute approximate surface area is 133 Å². The van der Waals surface area contributed by atoms with E-state index in [0.717, 1.165) is 40.7 Å². The molecular weight excluding hydrogens is 299 g/mol. The van der Waals surface area contributed by atoms with Crippen molar-refractivity contribution >= 4 is 22.5 Å². The fourth-order valence-electron chi connectivity index (χ4n) is 3.32. The number of halogens is 2. The highest BCUT2D eigenvalue weighted by atomic mass is 35.5. The summed E-state index contributed by atoms with van der Waals surface area (Å²) in [4.78, 5) is 3.29. The molecule has 0 fully saturated rings. The maximum Gasteiger partial charge on any atom is 0.147 e. The van der Waals surface area contributed by atoms with Crippen molar-refractivity contribution < 1.29 is 4.39 Å². The topological polar surface area (TPSA) is 27.8 Å². The molecule has 0 bridgehead atoms. The van der Waals surface area contributed by atoms with Gasteiger partial charge in [0.15, 0.2) is 0 Å². The van der Waals surface area contributed by atoms with Crippen LogP contribution in [0.3, 0.4) is 0 Å². The number of aromatic amines is 1. The second-order valence-electron chi connectivity index (χ2n) is 5.89. The summed E-state index contributed by atoms with van der Waals surface area (Å²) in [7, 11) is 0. The van der Waals surface area contributed by atoms with Crippen LogP contribution >= 0.6 is 11.6 Å². The lowest BCUT2D eigenvalue weighted by Crippen LogP contribution is -2.32. The minimum Gasteiger partial charge on any atom is -0.356 e. The Balaban J connectivity index is 2.05. The number of hydrogen-bond acceptors (Lipinski definition) is 1. The van der Waals surface area contributed by atoms with E-state index in [1.165, 1.54) is 6.07 Å². The lowest BCUT2D eigenvalue weighted by Gasteiger charge is -2.20. The van der Waals surface area contributed by atoms with E-state index in [4.69, 9.17) is 11.6 Å². The smallest absolute Gasteiger partial charge is 0.147 e. The normalized spacial score (nSPS) is 17.7. The van der Waals surface area contributed by atoms with Crippen molar-refractivity contribution in [3.63, 3.8) is 0 Å². The molecule has 3 aromatic rings. The average Bonchev–Trinajstić information content (AvgIpc) is 2.88. The molecule has 0 radical (unpaired) electrons. The predicted molar refractivity (Wildman–Crippen MR) is 88.7 cm³/mol. The Kier molecular flexibility index (Phi) is 3.21. The second kappa shape index (κ2) is 5.11. The van der Waals surface area contributed by atoms with Crippen molar-refractivity contribution in [2.45, 2.75) is 25.9 Å². The highest BCUT2D eigenvalue weighted by Gasteiger charge is 2.23. The standard InChI is InChI=1S/C18H16ClFN2/c1-10-8-16-13(9-21-10)17-12(6-7-15(20)18(17)22-16)11-4-2-3-5-14(11)19/h2-7,10,21-22H,8-9H2,1H3. The van der Waals surface area contributed by atoms with Gasteiger partial charge >= 0.3 is 0 Å². The fraction of sp³-hybridized carbons (Fsp3) is 0.222. The van der Waals surface area contributed by atoms with Gasteiger partial charge in [-0.05, 0) is 30.2 Å². The number of benzene rings is 2. The molecule has 1 aromatic heterocycles. The summed E-state index contributed by atoms with van der Waals surface area (Å²) in [6, 6.07) is 11.4. The zero-order valence-electron chi connectivity index (χ0n) is 12.2. The van der Waals surface area contributed by atoms with Crippen molar-refractivity contribution in [1.29, 1.82) is 0 Å². The average molecular weight is 315 g/mol. The molecule has 2 aromatic carbocycles. The van der Waals surface area contributed by atoms with Crippen LogP contribution in [0.4, 0.5) is 4.39 Å². The summed E-state index contributed by atoms with van der Waals surface area (Å²) in [5.41, 5.74) is 4.78. The van der Waals surface area contributed by atoms with Crippen molar-refractivity contribution in [3.05, 3.63) is 58.5 Å². The summed E-state index contributed by atoms with van der Waals surface area (Å²) in [6.45, 7) is 2.89. The third-order valence-corrected chi connectivity index (χ3v) is 4.73. The van der Waals surface area contributed by atoms with E-state index in [1.54, 1.807) is 0 Å². The van der Waals surface area contributed by atoms with E-state index in [-0.39, 0.29) is 5.82 Å². The first-order valence-corrected chi connectivity index (χ1v) is 7.83. The van der Waals surface area contributed by atoms with Crippen LogP contribution in [0.2, 0.25) is 5.02 Å². The van der Waals surface area contributed by atoms with E-state index in [9.17, 15) is 4.39 Å². The van der Waals surface area contributed by atoms with E-state index in [0.29, 0.717) is 16.6 Å². The van der Waals surface area contributed by atoms with Crippen molar-refractivity contribution in [1.82, 2.24) is 10.3 Å². The van der Waals surface area contributed by atoms with Crippen molar-refractivity contribution in [2.24, 2.45) is 0 Å². The maximum absolute atomic E-state index is 14.3. The zero-order chi connectivity index (χ0) is 15.3. The number of hydrogen-bond donors (Lipinski definition) is 2. The van der Waals surface area contributed by atoms with Gasteiger partial charge < -0.3 is 10.3 Å². The molecular formula is C18H16ClFN2. The van der Waals surface area contributed by atoms with Gasteiger partial charge in [0, 0.05) is 40.7 Å². The van der Waals surface area contributed by atoms with Gasteiger partial charge in [0.25, 0.3) is 0 Å². The largest absolute Gasteiger partial charge is 0.356 e. The highest BCUT2D eigenvalue weighted by molar-refractivity contribution is 6.33. The number of fused-ring (bicyclic) bond motifs is 3. The number of rotatable bonds is 1. The molecule has 1 aliphatic rings. The van der Waals surface area contributed by atoms with Gasteiger partial charge in [0.2, 0.25) is 0 Å². The Hall–Kier alpha value is -1.84. The molecule has 22 heavy (non-hydrogen) atoms.